The largest absolute Gasteiger partial charge is 0.464 e. The maximum atomic E-state index is 5.34. The highest BCUT2D eigenvalue weighted by Crippen LogP contribution is 2.26. The molecule has 0 bridgehead atoms. The predicted octanol–water partition coefficient (Wildman–Crippen LogP) is 2.37. The second-order valence-corrected chi connectivity index (χ2v) is 4.81. The summed E-state index contributed by atoms with van der Waals surface area (Å²) in [5.74, 6) is 5.92. The summed E-state index contributed by atoms with van der Waals surface area (Å²) in [6.45, 7) is 4.31. The summed E-state index contributed by atoms with van der Waals surface area (Å²) in [5.41, 5.74) is 4.35. The predicted molar refractivity (Wildman–Crippen MR) is 81.0 cm³/mol. The van der Waals surface area contributed by atoms with Crippen LogP contribution in [-0.2, 0) is 0 Å². The van der Waals surface area contributed by atoms with E-state index in [4.69, 9.17) is 10.6 Å². The molecule has 0 amide bonds. The van der Waals surface area contributed by atoms with Crippen LogP contribution in [0.25, 0.3) is 0 Å². The van der Waals surface area contributed by atoms with Gasteiger partial charge in [-0.1, -0.05) is 6.07 Å². The van der Waals surface area contributed by atoms with Gasteiger partial charge in [0.1, 0.15) is 0 Å². The number of rotatable bonds is 5. The van der Waals surface area contributed by atoms with Gasteiger partial charge in [-0.05, 0) is 47.5 Å². The van der Waals surface area contributed by atoms with E-state index in [-0.39, 0.29) is 12.0 Å². The van der Waals surface area contributed by atoms with Crippen LogP contribution in [0.2, 0.25) is 0 Å². The van der Waals surface area contributed by atoms with Crippen molar-refractivity contribution in [2.45, 2.75) is 13.8 Å². The van der Waals surface area contributed by atoms with Crippen LogP contribution in [0.1, 0.15) is 12.5 Å². The van der Waals surface area contributed by atoms with Crippen molar-refractivity contribution in [1.82, 2.24) is 15.0 Å². The Morgan fingerprint density at radius 1 is 1.25 bits per heavy atom. The Morgan fingerprint density at radius 2 is 2.00 bits per heavy atom. The third kappa shape index (κ3) is 3.55. The van der Waals surface area contributed by atoms with Crippen LogP contribution in [-0.4, -0.2) is 21.6 Å². The second-order valence-electron chi connectivity index (χ2n) is 3.95. The van der Waals surface area contributed by atoms with E-state index >= 15 is 0 Å². The fourth-order valence-corrected chi connectivity index (χ4v) is 1.87. The fourth-order valence-electron chi connectivity index (χ4n) is 1.53. The minimum Gasteiger partial charge on any atom is -0.464 e. The van der Waals surface area contributed by atoms with Crippen LogP contribution in [0.5, 0.6) is 6.01 Å². The lowest BCUT2D eigenvalue weighted by atomic mass is 10.2. The van der Waals surface area contributed by atoms with E-state index in [0.717, 1.165) is 15.7 Å². The number of aryl methyl sites for hydroxylation is 1. The Balaban J connectivity index is 2.32. The number of nitrogens with one attached hydrogen (secondary N) is 2. The van der Waals surface area contributed by atoms with Crippen molar-refractivity contribution in [2.24, 2.45) is 5.84 Å². The molecule has 4 N–H and O–H groups in total. The number of nitrogens with two attached hydrogens (primary N) is 1. The number of benzene rings is 1. The molecule has 0 saturated heterocycles. The molecule has 20 heavy (non-hydrogen) atoms. The molecule has 1 aromatic heterocycles. The van der Waals surface area contributed by atoms with Crippen molar-refractivity contribution in [3.05, 3.63) is 28.2 Å². The first-order valence-electron chi connectivity index (χ1n) is 6.01. The number of nitrogens with zero attached hydrogens (tertiary/aromatic N) is 3. The van der Waals surface area contributed by atoms with Crippen LogP contribution in [0.3, 0.4) is 0 Å². The highest BCUT2D eigenvalue weighted by atomic mass is 79.9. The SMILES string of the molecule is CCOc1nc(NN)nc(Nc2cc(C)ccc2Br)n1. The molecule has 0 radical (unpaired) electrons. The summed E-state index contributed by atoms with van der Waals surface area (Å²) >= 11 is 3.47. The molecule has 1 heterocycles. The van der Waals surface area contributed by atoms with Gasteiger partial charge in [0.05, 0.1) is 12.3 Å². The quantitative estimate of drug-likeness (QED) is 0.568. The lowest BCUT2D eigenvalue weighted by molar-refractivity contribution is 0.312. The molecule has 0 unspecified atom stereocenters. The molecule has 0 atom stereocenters. The van der Waals surface area contributed by atoms with Gasteiger partial charge < -0.3 is 10.1 Å². The number of halogens is 1. The lowest BCUT2D eigenvalue weighted by Gasteiger charge is -2.10. The molecular weight excluding hydrogens is 324 g/mol. The van der Waals surface area contributed by atoms with Gasteiger partial charge in [0.25, 0.3) is 0 Å². The molecule has 0 aliphatic rings. The number of hydrazine groups is 1. The van der Waals surface area contributed by atoms with Crippen LogP contribution in [0.4, 0.5) is 17.6 Å². The zero-order valence-electron chi connectivity index (χ0n) is 11.1. The normalized spacial score (nSPS) is 10.2. The Labute approximate surface area is 125 Å². The van der Waals surface area contributed by atoms with Crippen molar-refractivity contribution < 1.29 is 4.74 Å². The van der Waals surface area contributed by atoms with Crippen molar-refractivity contribution >= 4 is 33.5 Å². The number of anilines is 3. The maximum absolute atomic E-state index is 5.34. The number of hydrogen-bond acceptors (Lipinski definition) is 7. The molecule has 0 aliphatic heterocycles. The summed E-state index contributed by atoms with van der Waals surface area (Å²) < 4.78 is 6.18. The molecule has 1 aromatic carbocycles. The monoisotopic (exact) mass is 338 g/mol. The maximum Gasteiger partial charge on any atom is 0.323 e. The third-order valence-corrected chi connectivity index (χ3v) is 3.08. The molecule has 0 fully saturated rings. The van der Waals surface area contributed by atoms with Gasteiger partial charge in [-0.3, -0.25) is 5.43 Å². The summed E-state index contributed by atoms with van der Waals surface area (Å²) in [4.78, 5) is 12.3. The second kappa shape index (κ2) is 6.49. The Kier molecular flexibility index (Phi) is 4.70. The van der Waals surface area contributed by atoms with Gasteiger partial charge in [-0.25, -0.2) is 5.84 Å². The zero-order chi connectivity index (χ0) is 14.5. The van der Waals surface area contributed by atoms with Crippen molar-refractivity contribution in [1.29, 1.82) is 0 Å². The first kappa shape index (κ1) is 14.5. The van der Waals surface area contributed by atoms with Crippen molar-refractivity contribution in [3.8, 4) is 6.01 Å². The Morgan fingerprint density at radius 3 is 2.70 bits per heavy atom. The van der Waals surface area contributed by atoms with Crippen LogP contribution in [0, 0.1) is 6.92 Å². The lowest BCUT2D eigenvalue weighted by Crippen LogP contribution is -2.13. The van der Waals surface area contributed by atoms with Crippen LogP contribution in [0.15, 0.2) is 22.7 Å². The van der Waals surface area contributed by atoms with E-state index in [1.54, 1.807) is 0 Å². The molecule has 2 aromatic rings. The van der Waals surface area contributed by atoms with Crippen LogP contribution >= 0.6 is 15.9 Å². The minimum absolute atomic E-state index is 0.210. The topological polar surface area (TPSA) is 98.0 Å². The molecule has 0 spiro atoms. The van der Waals surface area contributed by atoms with E-state index in [1.165, 1.54) is 0 Å². The Hall–Kier alpha value is -1.93. The van der Waals surface area contributed by atoms with E-state index < -0.39 is 0 Å². The molecule has 0 saturated carbocycles. The van der Waals surface area contributed by atoms with E-state index in [2.05, 4.69) is 41.6 Å². The number of ether oxygens (including phenoxy) is 1. The number of aromatic nitrogens is 3. The van der Waals surface area contributed by atoms with Gasteiger partial charge in [0, 0.05) is 4.47 Å². The first-order valence-corrected chi connectivity index (χ1v) is 6.80. The first-order chi connectivity index (χ1) is 9.62. The van der Waals surface area contributed by atoms with Crippen molar-refractivity contribution in [3.63, 3.8) is 0 Å². The minimum atomic E-state index is 0.210. The van der Waals surface area contributed by atoms with E-state index in [1.807, 2.05) is 32.0 Å². The summed E-state index contributed by atoms with van der Waals surface area (Å²) in [6.07, 6.45) is 0. The standard InChI is InChI=1S/C12H15BrN6O/c1-3-20-12-17-10(16-11(18-12)19-14)15-9-6-7(2)4-5-8(9)13/h4-6H,3,14H2,1-2H3,(H2,15,16,17,18,19). The molecule has 7 nitrogen and oxygen atoms in total. The van der Waals surface area contributed by atoms with Gasteiger partial charge in [0.2, 0.25) is 11.9 Å². The van der Waals surface area contributed by atoms with Gasteiger partial charge in [-0.2, -0.15) is 15.0 Å². The summed E-state index contributed by atoms with van der Waals surface area (Å²) in [7, 11) is 0. The van der Waals surface area contributed by atoms with Crippen LogP contribution < -0.4 is 21.3 Å². The van der Waals surface area contributed by atoms with Gasteiger partial charge >= 0.3 is 6.01 Å². The zero-order valence-corrected chi connectivity index (χ0v) is 12.7. The fraction of sp³-hybridized carbons (Fsp3) is 0.250. The molecule has 8 heteroatoms. The van der Waals surface area contributed by atoms with Gasteiger partial charge in [-0.15, -0.1) is 0 Å². The summed E-state index contributed by atoms with van der Waals surface area (Å²) in [5, 5.41) is 3.10. The smallest absolute Gasteiger partial charge is 0.323 e. The average molecular weight is 339 g/mol. The summed E-state index contributed by atoms with van der Waals surface area (Å²) in [6, 6.07) is 6.14. The third-order valence-electron chi connectivity index (χ3n) is 2.39. The molecule has 2 rings (SSSR count). The Bertz CT molecular complexity index is 606. The highest BCUT2D eigenvalue weighted by molar-refractivity contribution is 9.10. The highest BCUT2D eigenvalue weighted by Gasteiger charge is 2.08. The number of nitrogen functional groups attached to an aromatic ring is 1. The van der Waals surface area contributed by atoms with Gasteiger partial charge in [0.15, 0.2) is 0 Å². The van der Waals surface area contributed by atoms with Crippen molar-refractivity contribution in [2.75, 3.05) is 17.3 Å². The molecular formula is C12H15BrN6O. The van der Waals surface area contributed by atoms with E-state index in [0.29, 0.717) is 12.6 Å². The molecule has 0 aliphatic carbocycles. The molecule has 106 valence electrons. The number of hydrogen-bond donors (Lipinski definition) is 3. The average Bonchev–Trinajstić information content (AvgIpc) is 2.43. The van der Waals surface area contributed by atoms with E-state index in [9.17, 15) is 0 Å².